The summed E-state index contributed by atoms with van der Waals surface area (Å²) in [7, 11) is 2.96. The van der Waals surface area contributed by atoms with E-state index in [4.69, 9.17) is 24.4 Å². The molecule has 0 aliphatic carbocycles. The molecule has 0 saturated heterocycles. The van der Waals surface area contributed by atoms with Crippen LogP contribution in [0.1, 0.15) is 10.6 Å². The highest BCUT2D eigenvalue weighted by atomic mass is 32.1. The zero-order valence-corrected chi connectivity index (χ0v) is 18.9. The van der Waals surface area contributed by atoms with Crippen LogP contribution in [0.2, 0.25) is 0 Å². The summed E-state index contributed by atoms with van der Waals surface area (Å²) < 4.78 is 22.5. The molecule has 4 rings (SSSR count). The van der Waals surface area contributed by atoms with E-state index in [0.29, 0.717) is 22.4 Å². The van der Waals surface area contributed by atoms with E-state index in [-0.39, 0.29) is 35.4 Å². The van der Waals surface area contributed by atoms with Crippen LogP contribution >= 0.6 is 11.3 Å². The van der Waals surface area contributed by atoms with Crippen molar-refractivity contribution < 1.29 is 23.4 Å². The van der Waals surface area contributed by atoms with Crippen molar-refractivity contribution in [2.24, 2.45) is 0 Å². The number of carbonyl (C=O) groups is 1. The molecule has 13 nitrogen and oxygen atoms in total. The number of carbonyl (C=O) groups excluding carboxylic acids is 1. The first-order chi connectivity index (χ1) is 16.5. The number of hydrogen-bond donors (Lipinski definition) is 2. The molecule has 4 aromatic rings. The number of aromatic nitrogens is 5. The molecule has 0 aliphatic rings. The lowest BCUT2D eigenvalue weighted by Gasteiger charge is -2.13. The number of nitrogens with one attached hydrogen (secondary N) is 1. The Hall–Kier alpha value is -4.30. The van der Waals surface area contributed by atoms with Gasteiger partial charge in [-0.05, 0) is 12.1 Å². The minimum Gasteiger partial charge on any atom is -0.494 e. The average Bonchev–Trinajstić information content (AvgIpc) is 3.48. The maximum Gasteiger partial charge on any atom is 0.379 e. The van der Waals surface area contributed by atoms with Gasteiger partial charge in [0.1, 0.15) is 23.9 Å². The van der Waals surface area contributed by atoms with Gasteiger partial charge in [0.2, 0.25) is 16.0 Å². The standard InChI is InChI=1S/C20H19N7O6S/c1-30-8-9-32-16-11(15-12(31-2)4-3-6-22-15)10-13(33-18(16)29)17(28)24-19-25-26-20(34-19)27-14(21)5-7-23-27/h3-7,10H,8-9,21H2,1-2H3,(H,24,25,28). The van der Waals surface area contributed by atoms with Crippen LogP contribution in [0, 0.1) is 0 Å². The topological polar surface area (TPSA) is 170 Å². The van der Waals surface area contributed by atoms with Crippen molar-refractivity contribution in [3.63, 3.8) is 0 Å². The number of pyridine rings is 1. The lowest BCUT2D eigenvalue weighted by Crippen LogP contribution is -2.18. The maximum atomic E-state index is 12.9. The fourth-order valence-electron chi connectivity index (χ4n) is 2.88. The summed E-state index contributed by atoms with van der Waals surface area (Å²) in [6.07, 6.45) is 3.03. The summed E-state index contributed by atoms with van der Waals surface area (Å²) in [5, 5.41) is 14.9. The van der Waals surface area contributed by atoms with Gasteiger partial charge < -0.3 is 24.4 Å². The van der Waals surface area contributed by atoms with E-state index < -0.39 is 11.5 Å². The fraction of sp³-hybridized carbons (Fsp3) is 0.200. The van der Waals surface area contributed by atoms with E-state index in [1.165, 1.54) is 37.4 Å². The van der Waals surface area contributed by atoms with Gasteiger partial charge in [0.05, 0.1) is 25.5 Å². The third-order valence-electron chi connectivity index (χ3n) is 4.40. The number of nitrogens with two attached hydrogens (primary N) is 1. The lowest BCUT2D eigenvalue weighted by molar-refractivity contribution is 0.0990. The number of nitrogen functional groups attached to an aromatic ring is 1. The van der Waals surface area contributed by atoms with Crippen molar-refractivity contribution in [3.05, 3.63) is 52.8 Å². The van der Waals surface area contributed by atoms with Crippen LogP contribution in [0.15, 0.2) is 45.9 Å². The molecule has 0 bridgehead atoms. The smallest absolute Gasteiger partial charge is 0.379 e. The molecule has 0 spiro atoms. The van der Waals surface area contributed by atoms with Crippen molar-refractivity contribution in [3.8, 4) is 27.9 Å². The number of hydrogen-bond acceptors (Lipinski definition) is 12. The first-order valence-electron chi connectivity index (χ1n) is 9.75. The Morgan fingerprint density at radius 1 is 1.24 bits per heavy atom. The highest BCUT2D eigenvalue weighted by molar-refractivity contribution is 7.17. The van der Waals surface area contributed by atoms with Gasteiger partial charge in [0.15, 0.2) is 5.76 Å². The molecule has 0 atom stereocenters. The minimum atomic E-state index is -0.867. The molecule has 14 heteroatoms. The Kier molecular flexibility index (Phi) is 6.79. The average molecular weight is 485 g/mol. The Morgan fingerprint density at radius 3 is 2.82 bits per heavy atom. The Labute approximate surface area is 196 Å². The van der Waals surface area contributed by atoms with Gasteiger partial charge in [0, 0.05) is 25.4 Å². The van der Waals surface area contributed by atoms with E-state index in [0.717, 1.165) is 11.3 Å². The normalized spacial score (nSPS) is 10.8. The zero-order valence-electron chi connectivity index (χ0n) is 18.0. The Balaban J connectivity index is 1.67. The predicted octanol–water partition coefficient (Wildman–Crippen LogP) is 1.61. The quantitative estimate of drug-likeness (QED) is 0.330. The van der Waals surface area contributed by atoms with Crippen LogP contribution in [0.3, 0.4) is 0 Å². The summed E-state index contributed by atoms with van der Waals surface area (Å²) >= 11 is 1.03. The van der Waals surface area contributed by atoms with Crippen molar-refractivity contribution in [1.29, 1.82) is 0 Å². The third-order valence-corrected chi connectivity index (χ3v) is 5.21. The number of rotatable bonds is 9. The molecule has 3 N–H and O–H groups in total. The summed E-state index contributed by atoms with van der Waals surface area (Å²) in [5.74, 6) is -0.410. The second-order valence-corrected chi connectivity index (χ2v) is 7.50. The first-order valence-corrected chi connectivity index (χ1v) is 10.6. The molecule has 0 aromatic carbocycles. The van der Waals surface area contributed by atoms with Crippen LogP contribution in [0.25, 0.3) is 16.4 Å². The van der Waals surface area contributed by atoms with Crippen molar-refractivity contribution in [1.82, 2.24) is 25.0 Å². The second-order valence-electron chi connectivity index (χ2n) is 6.55. The molecule has 0 fully saturated rings. The van der Waals surface area contributed by atoms with Crippen LogP contribution in [-0.2, 0) is 4.74 Å². The summed E-state index contributed by atoms with van der Waals surface area (Å²) in [6, 6.07) is 6.28. The van der Waals surface area contributed by atoms with Crippen molar-refractivity contribution in [2.45, 2.75) is 0 Å². The van der Waals surface area contributed by atoms with E-state index in [2.05, 4.69) is 25.6 Å². The molecule has 0 aliphatic heterocycles. The van der Waals surface area contributed by atoms with Crippen molar-refractivity contribution in [2.75, 3.05) is 38.5 Å². The molecule has 0 saturated carbocycles. The zero-order chi connectivity index (χ0) is 24.1. The Morgan fingerprint density at radius 2 is 2.09 bits per heavy atom. The van der Waals surface area contributed by atoms with Gasteiger partial charge in [-0.15, -0.1) is 10.2 Å². The molecular weight excluding hydrogens is 466 g/mol. The molecule has 4 aromatic heterocycles. The van der Waals surface area contributed by atoms with Gasteiger partial charge in [-0.1, -0.05) is 11.3 Å². The fourth-order valence-corrected chi connectivity index (χ4v) is 3.59. The van der Waals surface area contributed by atoms with Crippen LogP contribution in [-0.4, -0.2) is 58.3 Å². The molecular formula is C20H19N7O6S. The summed E-state index contributed by atoms with van der Waals surface area (Å²) in [5.41, 5.74) is 5.46. The van der Waals surface area contributed by atoms with Crippen LogP contribution < -0.4 is 26.1 Å². The molecule has 4 heterocycles. The number of methoxy groups -OCH3 is 2. The van der Waals surface area contributed by atoms with Gasteiger partial charge in [-0.25, -0.2) is 4.79 Å². The predicted molar refractivity (Wildman–Crippen MR) is 122 cm³/mol. The highest BCUT2D eigenvalue weighted by Gasteiger charge is 2.23. The minimum absolute atomic E-state index is 0.0824. The molecule has 0 radical (unpaired) electrons. The van der Waals surface area contributed by atoms with Gasteiger partial charge in [-0.3, -0.25) is 15.1 Å². The van der Waals surface area contributed by atoms with E-state index >= 15 is 0 Å². The van der Waals surface area contributed by atoms with E-state index in [1.54, 1.807) is 18.2 Å². The van der Waals surface area contributed by atoms with Gasteiger partial charge >= 0.3 is 5.63 Å². The van der Waals surface area contributed by atoms with Gasteiger partial charge in [-0.2, -0.15) is 9.78 Å². The third kappa shape index (κ3) is 4.72. The number of amides is 1. The monoisotopic (exact) mass is 485 g/mol. The lowest BCUT2D eigenvalue weighted by atomic mass is 10.1. The molecule has 1 amide bonds. The largest absolute Gasteiger partial charge is 0.494 e. The molecule has 34 heavy (non-hydrogen) atoms. The van der Waals surface area contributed by atoms with E-state index in [1.807, 2.05) is 0 Å². The SMILES string of the molecule is COCCOc1c(-c2ncccc2OC)cc(C(=O)Nc2nnc(-n3nccc3N)s2)oc1=O. The van der Waals surface area contributed by atoms with Crippen LogP contribution in [0.5, 0.6) is 11.5 Å². The number of nitrogens with zero attached hydrogens (tertiary/aromatic N) is 5. The number of anilines is 2. The van der Waals surface area contributed by atoms with E-state index in [9.17, 15) is 9.59 Å². The van der Waals surface area contributed by atoms with Gasteiger partial charge in [0.25, 0.3) is 5.91 Å². The molecule has 176 valence electrons. The Bertz CT molecular complexity index is 1370. The number of ether oxygens (including phenoxy) is 3. The second kappa shape index (κ2) is 10.1. The maximum absolute atomic E-state index is 12.9. The highest BCUT2D eigenvalue weighted by Crippen LogP contribution is 2.33. The van der Waals surface area contributed by atoms with Crippen molar-refractivity contribution >= 4 is 28.2 Å². The molecule has 0 unspecified atom stereocenters. The van der Waals surface area contributed by atoms with Crippen LogP contribution in [0.4, 0.5) is 10.9 Å². The summed E-state index contributed by atoms with van der Waals surface area (Å²) in [6.45, 7) is 0.319. The first kappa shape index (κ1) is 22.9. The summed E-state index contributed by atoms with van der Waals surface area (Å²) in [4.78, 5) is 29.9.